The van der Waals surface area contributed by atoms with E-state index in [9.17, 15) is 8.42 Å². The van der Waals surface area contributed by atoms with Gasteiger partial charge in [0.05, 0.1) is 10.6 Å². The van der Waals surface area contributed by atoms with Crippen molar-refractivity contribution in [2.24, 2.45) is 0 Å². The van der Waals surface area contributed by atoms with Gasteiger partial charge in [0.1, 0.15) is 0 Å². The molecule has 5 heteroatoms. The minimum Gasteiger partial charge on any atom is -0.312 e. The first kappa shape index (κ1) is 18.1. The van der Waals surface area contributed by atoms with Gasteiger partial charge in [0, 0.05) is 31.7 Å². The van der Waals surface area contributed by atoms with Crippen LogP contribution in [-0.2, 0) is 16.4 Å². The van der Waals surface area contributed by atoms with Crippen molar-refractivity contribution in [1.29, 1.82) is 0 Å². The molecule has 1 saturated heterocycles. The third-order valence-electron chi connectivity index (χ3n) is 4.84. The van der Waals surface area contributed by atoms with E-state index in [1.807, 2.05) is 12.1 Å². The molecule has 0 bridgehead atoms. The normalized spacial score (nSPS) is 21.5. The van der Waals surface area contributed by atoms with Crippen molar-refractivity contribution in [3.8, 4) is 0 Å². The second kappa shape index (κ2) is 8.13. The average molecular weight is 359 g/mol. The molecule has 0 radical (unpaired) electrons. The first-order valence-corrected chi connectivity index (χ1v) is 10.5. The van der Waals surface area contributed by atoms with Crippen LogP contribution in [0.3, 0.4) is 0 Å². The summed E-state index contributed by atoms with van der Waals surface area (Å²) >= 11 is 0. The Balaban J connectivity index is 1.48. The van der Waals surface area contributed by atoms with E-state index in [-0.39, 0.29) is 5.75 Å². The Morgan fingerprint density at radius 2 is 1.68 bits per heavy atom. The Labute approximate surface area is 150 Å². The molecule has 2 aromatic carbocycles. The van der Waals surface area contributed by atoms with Crippen LogP contribution < -0.4 is 5.32 Å². The van der Waals surface area contributed by atoms with Crippen LogP contribution in [0, 0.1) is 0 Å². The molecule has 1 fully saturated rings. The summed E-state index contributed by atoms with van der Waals surface area (Å²) in [4.78, 5) is 2.86. The summed E-state index contributed by atoms with van der Waals surface area (Å²) < 4.78 is 24.7. The van der Waals surface area contributed by atoms with Crippen LogP contribution in [-0.4, -0.2) is 44.2 Å². The summed E-state index contributed by atoms with van der Waals surface area (Å²) in [5, 5.41) is 3.43. The van der Waals surface area contributed by atoms with Gasteiger partial charge in [0.25, 0.3) is 0 Å². The lowest BCUT2D eigenvalue weighted by Gasteiger charge is -2.21. The molecule has 0 amide bonds. The van der Waals surface area contributed by atoms with Gasteiger partial charge in [-0.1, -0.05) is 48.5 Å². The van der Waals surface area contributed by atoms with Gasteiger partial charge in [0.15, 0.2) is 9.84 Å². The Kier molecular flexibility index (Phi) is 5.89. The highest BCUT2D eigenvalue weighted by Crippen LogP contribution is 2.20. The van der Waals surface area contributed by atoms with Gasteiger partial charge in [-0.3, -0.25) is 4.90 Å². The van der Waals surface area contributed by atoms with Gasteiger partial charge in [0.2, 0.25) is 0 Å². The second-order valence-corrected chi connectivity index (χ2v) is 8.89. The van der Waals surface area contributed by atoms with Crippen LogP contribution in [0.1, 0.15) is 18.9 Å². The van der Waals surface area contributed by atoms with Crippen molar-refractivity contribution in [3.63, 3.8) is 0 Å². The third-order valence-corrected chi connectivity index (χ3v) is 6.57. The number of nitrogens with one attached hydrogen (secondary N) is 1. The van der Waals surface area contributed by atoms with Crippen LogP contribution in [0.5, 0.6) is 0 Å². The maximum Gasteiger partial charge on any atom is 0.179 e. The Hall–Kier alpha value is -1.69. The van der Waals surface area contributed by atoms with E-state index in [2.05, 4.69) is 41.4 Å². The van der Waals surface area contributed by atoms with E-state index in [4.69, 9.17) is 0 Å². The van der Waals surface area contributed by atoms with E-state index in [0.717, 1.165) is 19.5 Å². The minimum absolute atomic E-state index is 0.139. The molecule has 0 aromatic heterocycles. The molecule has 2 aromatic rings. The van der Waals surface area contributed by atoms with Crippen LogP contribution >= 0.6 is 0 Å². The lowest BCUT2D eigenvalue weighted by atomic mass is 10.2. The smallest absolute Gasteiger partial charge is 0.179 e. The maximum atomic E-state index is 12.3. The molecule has 134 valence electrons. The predicted octanol–water partition coefficient (Wildman–Crippen LogP) is 2.71. The zero-order valence-electron chi connectivity index (χ0n) is 14.6. The summed E-state index contributed by atoms with van der Waals surface area (Å²) in [5.74, 6) is 0.139. The van der Waals surface area contributed by atoms with Gasteiger partial charge >= 0.3 is 0 Å². The van der Waals surface area contributed by atoms with Crippen molar-refractivity contribution in [2.45, 2.75) is 36.9 Å². The molecule has 1 aliphatic heterocycles. The number of sulfone groups is 1. The molecule has 2 atom stereocenters. The number of nitrogens with zero attached hydrogens (tertiary/aromatic N) is 1. The third kappa shape index (κ3) is 4.91. The number of hydrogen-bond donors (Lipinski definition) is 1. The number of benzene rings is 2. The van der Waals surface area contributed by atoms with E-state index < -0.39 is 9.84 Å². The molecular weight excluding hydrogens is 332 g/mol. The topological polar surface area (TPSA) is 49.4 Å². The fraction of sp³-hybridized carbons (Fsp3) is 0.400. The van der Waals surface area contributed by atoms with Gasteiger partial charge in [-0.25, -0.2) is 8.42 Å². The first-order chi connectivity index (χ1) is 12.0. The SMILES string of the molecule is C[C@@H]1C[C@H](NCCS(=O)(=O)c2ccccc2)CN1Cc1ccccc1. The Morgan fingerprint density at radius 1 is 1.04 bits per heavy atom. The molecule has 0 spiro atoms. The molecule has 1 aliphatic rings. The van der Waals surface area contributed by atoms with Crippen LogP contribution in [0.2, 0.25) is 0 Å². The quantitative estimate of drug-likeness (QED) is 0.827. The second-order valence-electron chi connectivity index (χ2n) is 6.78. The van der Waals surface area contributed by atoms with Crippen molar-refractivity contribution in [2.75, 3.05) is 18.8 Å². The molecule has 1 N–H and O–H groups in total. The zero-order chi connectivity index (χ0) is 17.7. The van der Waals surface area contributed by atoms with E-state index in [1.54, 1.807) is 24.3 Å². The Morgan fingerprint density at radius 3 is 2.36 bits per heavy atom. The van der Waals surface area contributed by atoms with Gasteiger partial charge < -0.3 is 5.32 Å². The maximum absolute atomic E-state index is 12.3. The van der Waals surface area contributed by atoms with E-state index in [0.29, 0.717) is 23.5 Å². The fourth-order valence-corrected chi connectivity index (χ4v) is 4.62. The molecule has 4 nitrogen and oxygen atoms in total. The van der Waals surface area contributed by atoms with Gasteiger partial charge in [-0.2, -0.15) is 0 Å². The molecule has 25 heavy (non-hydrogen) atoms. The summed E-state index contributed by atoms with van der Waals surface area (Å²) in [5.41, 5.74) is 1.32. The van der Waals surface area contributed by atoms with Crippen molar-refractivity contribution >= 4 is 9.84 Å². The minimum atomic E-state index is -3.20. The highest BCUT2D eigenvalue weighted by molar-refractivity contribution is 7.91. The van der Waals surface area contributed by atoms with Gasteiger partial charge in [-0.15, -0.1) is 0 Å². The zero-order valence-corrected chi connectivity index (χ0v) is 15.5. The summed E-state index contributed by atoms with van der Waals surface area (Å²) in [7, 11) is -3.20. The summed E-state index contributed by atoms with van der Waals surface area (Å²) in [6, 6.07) is 20.0. The summed E-state index contributed by atoms with van der Waals surface area (Å²) in [6.07, 6.45) is 1.05. The van der Waals surface area contributed by atoms with Crippen molar-refractivity contribution < 1.29 is 8.42 Å². The lowest BCUT2D eigenvalue weighted by molar-refractivity contribution is 0.257. The van der Waals surface area contributed by atoms with Crippen LogP contribution in [0.4, 0.5) is 0 Å². The molecule has 3 rings (SSSR count). The molecule has 1 heterocycles. The highest BCUT2D eigenvalue weighted by Gasteiger charge is 2.28. The number of likely N-dealkylation sites (tertiary alicyclic amines) is 1. The molecular formula is C20H26N2O2S. The predicted molar refractivity (Wildman–Crippen MR) is 101 cm³/mol. The number of rotatable bonds is 7. The van der Waals surface area contributed by atoms with Crippen molar-refractivity contribution in [1.82, 2.24) is 10.2 Å². The van der Waals surface area contributed by atoms with Gasteiger partial charge in [-0.05, 0) is 31.0 Å². The lowest BCUT2D eigenvalue weighted by Crippen LogP contribution is -2.35. The van der Waals surface area contributed by atoms with E-state index >= 15 is 0 Å². The van der Waals surface area contributed by atoms with Crippen molar-refractivity contribution in [3.05, 3.63) is 66.2 Å². The average Bonchev–Trinajstić information content (AvgIpc) is 2.96. The number of hydrogen-bond acceptors (Lipinski definition) is 4. The Bertz CT molecular complexity index is 763. The summed E-state index contributed by atoms with van der Waals surface area (Å²) in [6.45, 7) is 4.64. The monoisotopic (exact) mass is 358 g/mol. The standard InChI is InChI=1S/C20H26N2O2S/c1-17-14-19(16-22(17)15-18-8-4-2-5-9-18)21-12-13-25(23,24)20-10-6-3-7-11-20/h2-11,17,19,21H,12-16H2,1H3/t17-,19+/m1/s1. The largest absolute Gasteiger partial charge is 0.312 e. The highest BCUT2D eigenvalue weighted by atomic mass is 32.2. The fourth-order valence-electron chi connectivity index (χ4n) is 3.43. The van der Waals surface area contributed by atoms with E-state index in [1.165, 1.54) is 5.56 Å². The van der Waals surface area contributed by atoms with Crippen LogP contribution in [0.15, 0.2) is 65.6 Å². The molecule has 0 aliphatic carbocycles. The van der Waals surface area contributed by atoms with Crippen LogP contribution in [0.25, 0.3) is 0 Å². The molecule has 0 saturated carbocycles. The first-order valence-electron chi connectivity index (χ1n) is 8.84. The molecule has 0 unspecified atom stereocenters.